The highest BCUT2D eigenvalue weighted by atomic mass is 35.5. The zero-order valence-electron chi connectivity index (χ0n) is 13.7. The van der Waals surface area contributed by atoms with Crippen LogP contribution < -0.4 is 4.90 Å². The Morgan fingerprint density at radius 2 is 1.92 bits per heavy atom. The molecule has 1 saturated heterocycles. The van der Waals surface area contributed by atoms with Crippen LogP contribution in [0.4, 0.5) is 10.1 Å². The van der Waals surface area contributed by atoms with Crippen molar-refractivity contribution in [2.24, 2.45) is 4.99 Å². The summed E-state index contributed by atoms with van der Waals surface area (Å²) in [6.45, 7) is 0.230. The summed E-state index contributed by atoms with van der Waals surface area (Å²) in [5.74, 6) is -0.153. The highest BCUT2D eigenvalue weighted by molar-refractivity contribution is 8.15. The van der Waals surface area contributed by atoms with Crippen molar-refractivity contribution in [3.8, 4) is 0 Å². The van der Waals surface area contributed by atoms with Crippen LogP contribution in [0.2, 0.25) is 5.02 Å². The van der Waals surface area contributed by atoms with E-state index in [9.17, 15) is 12.8 Å². The molecule has 136 valence electrons. The van der Waals surface area contributed by atoms with Crippen LogP contribution in [0.25, 0.3) is 0 Å². The maximum absolute atomic E-state index is 14.3. The maximum Gasteiger partial charge on any atom is 0.164 e. The third-order valence-corrected chi connectivity index (χ3v) is 8.08. The fraction of sp³-hybridized carbons (Fsp3) is 0.278. The van der Waals surface area contributed by atoms with Gasteiger partial charge in [0.05, 0.1) is 24.1 Å². The van der Waals surface area contributed by atoms with Gasteiger partial charge in [-0.1, -0.05) is 47.6 Å². The van der Waals surface area contributed by atoms with Crippen molar-refractivity contribution in [1.82, 2.24) is 0 Å². The molecule has 2 aromatic rings. The van der Waals surface area contributed by atoms with Gasteiger partial charge in [-0.3, -0.25) is 4.99 Å². The van der Waals surface area contributed by atoms with Gasteiger partial charge in [-0.25, -0.2) is 12.8 Å². The van der Waals surface area contributed by atoms with Gasteiger partial charge < -0.3 is 4.90 Å². The first-order valence-electron chi connectivity index (χ1n) is 8.13. The van der Waals surface area contributed by atoms with E-state index in [0.717, 1.165) is 5.69 Å². The minimum absolute atomic E-state index is 0.0719. The molecule has 0 N–H and O–H groups in total. The number of fused-ring (bicyclic) bond motifs is 1. The molecular formula is C18H16ClFN2O2S2. The lowest BCUT2D eigenvalue weighted by molar-refractivity contribution is 0.601. The molecule has 0 aromatic heterocycles. The van der Waals surface area contributed by atoms with Crippen LogP contribution in [-0.2, 0) is 16.4 Å². The molecule has 2 aliphatic rings. The second-order valence-electron chi connectivity index (χ2n) is 6.33. The lowest BCUT2D eigenvalue weighted by Gasteiger charge is -2.25. The lowest BCUT2D eigenvalue weighted by atomic mass is 10.2. The average molecular weight is 411 g/mol. The second-order valence-corrected chi connectivity index (χ2v) is 10.1. The summed E-state index contributed by atoms with van der Waals surface area (Å²) in [5, 5.41) is 0.995. The molecule has 26 heavy (non-hydrogen) atoms. The van der Waals surface area contributed by atoms with Crippen LogP contribution in [0.15, 0.2) is 53.5 Å². The summed E-state index contributed by atoms with van der Waals surface area (Å²) in [7, 11) is -3.02. The molecular weight excluding hydrogens is 395 g/mol. The molecule has 2 aliphatic heterocycles. The number of benzene rings is 2. The number of anilines is 1. The van der Waals surface area contributed by atoms with Crippen LogP contribution in [0.5, 0.6) is 0 Å². The quantitative estimate of drug-likeness (QED) is 0.773. The molecule has 2 heterocycles. The minimum atomic E-state index is -3.02. The molecule has 4 rings (SSSR count). The third-order valence-electron chi connectivity index (χ3n) is 4.48. The Balaban J connectivity index is 1.69. The number of sulfone groups is 1. The molecule has 0 aliphatic carbocycles. The molecule has 2 unspecified atom stereocenters. The van der Waals surface area contributed by atoms with E-state index in [4.69, 9.17) is 11.6 Å². The largest absolute Gasteiger partial charge is 0.317 e. The number of thioether (sulfide) groups is 1. The first-order valence-corrected chi connectivity index (χ1v) is 11.2. The second kappa shape index (κ2) is 6.87. The normalized spacial score (nSPS) is 23.5. The average Bonchev–Trinajstić information content (AvgIpc) is 3.08. The summed E-state index contributed by atoms with van der Waals surface area (Å²) in [4.78, 5) is 6.54. The standard InChI is InChI=1S/C18H16ClFN2O2S2/c19-14-7-4-8-15(20)13(14)9-22(12-5-2-1-3-6-12)18-21-16-10-26(23,24)11-17(16)25-18/h1-8,16-17H,9-11H2. The summed E-state index contributed by atoms with van der Waals surface area (Å²) in [6.07, 6.45) is 0. The van der Waals surface area contributed by atoms with Crippen LogP contribution in [-0.4, -0.2) is 36.4 Å². The van der Waals surface area contributed by atoms with Gasteiger partial charge in [0.25, 0.3) is 0 Å². The summed E-state index contributed by atoms with van der Waals surface area (Å²) >= 11 is 7.66. The maximum atomic E-state index is 14.3. The molecule has 2 atom stereocenters. The van der Waals surface area contributed by atoms with E-state index in [1.807, 2.05) is 35.2 Å². The number of amidine groups is 1. The molecule has 1 fully saturated rings. The minimum Gasteiger partial charge on any atom is -0.317 e. The number of rotatable bonds is 3. The van der Waals surface area contributed by atoms with Gasteiger partial charge in [0.15, 0.2) is 15.0 Å². The Morgan fingerprint density at radius 3 is 2.62 bits per heavy atom. The Bertz CT molecular complexity index is 946. The van der Waals surface area contributed by atoms with Crippen molar-refractivity contribution in [3.63, 3.8) is 0 Å². The Hall–Kier alpha value is -1.57. The molecule has 0 radical (unpaired) electrons. The monoisotopic (exact) mass is 410 g/mol. The van der Waals surface area contributed by atoms with Crippen molar-refractivity contribution >= 4 is 44.1 Å². The van der Waals surface area contributed by atoms with E-state index >= 15 is 0 Å². The molecule has 0 amide bonds. The van der Waals surface area contributed by atoms with E-state index in [-0.39, 0.29) is 35.2 Å². The Labute approximate surface area is 161 Å². The van der Waals surface area contributed by atoms with Crippen molar-refractivity contribution in [1.29, 1.82) is 0 Å². The van der Waals surface area contributed by atoms with Crippen LogP contribution in [0.3, 0.4) is 0 Å². The van der Waals surface area contributed by atoms with Crippen molar-refractivity contribution in [2.45, 2.75) is 17.8 Å². The smallest absolute Gasteiger partial charge is 0.164 e. The zero-order valence-corrected chi connectivity index (χ0v) is 16.1. The Morgan fingerprint density at radius 1 is 1.15 bits per heavy atom. The SMILES string of the molecule is O=S1(=O)CC2N=C(N(Cc3c(F)cccc3Cl)c3ccccc3)SC2C1. The number of hydrogen-bond acceptors (Lipinski definition) is 5. The fourth-order valence-corrected chi connectivity index (χ4v) is 7.19. The lowest BCUT2D eigenvalue weighted by Crippen LogP contribution is -2.28. The number of nitrogens with zero attached hydrogens (tertiary/aromatic N) is 2. The Kier molecular flexibility index (Phi) is 4.71. The van der Waals surface area contributed by atoms with Gasteiger partial charge in [-0.2, -0.15) is 0 Å². The highest BCUT2D eigenvalue weighted by Gasteiger charge is 2.44. The van der Waals surface area contributed by atoms with Gasteiger partial charge in [0, 0.05) is 21.5 Å². The number of halogens is 2. The van der Waals surface area contributed by atoms with Crippen molar-refractivity contribution in [2.75, 3.05) is 16.4 Å². The number of aliphatic imine (C=N–C) groups is 1. The van der Waals surface area contributed by atoms with Gasteiger partial charge in [-0.05, 0) is 24.3 Å². The molecule has 8 heteroatoms. The predicted octanol–water partition coefficient (Wildman–Crippen LogP) is 3.75. The molecule has 4 nitrogen and oxygen atoms in total. The first kappa shape index (κ1) is 17.8. The van der Waals surface area contributed by atoms with Crippen molar-refractivity contribution in [3.05, 3.63) is 64.9 Å². The summed E-state index contributed by atoms with van der Waals surface area (Å²) < 4.78 is 37.9. The van der Waals surface area contributed by atoms with E-state index < -0.39 is 9.84 Å². The van der Waals surface area contributed by atoms with E-state index in [1.54, 1.807) is 12.1 Å². The van der Waals surface area contributed by atoms with Crippen molar-refractivity contribution < 1.29 is 12.8 Å². The van der Waals surface area contributed by atoms with Crippen LogP contribution in [0.1, 0.15) is 5.56 Å². The van der Waals surface area contributed by atoms with Gasteiger partial charge in [0.1, 0.15) is 5.82 Å². The predicted molar refractivity (Wildman–Crippen MR) is 105 cm³/mol. The fourth-order valence-electron chi connectivity index (χ4n) is 3.19. The first-order chi connectivity index (χ1) is 12.4. The molecule has 2 aromatic carbocycles. The van der Waals surface area contributed by atoms with E-state index in [1.165, 1.54) is 17.8 Å². The molecule has 0 saturated carbocycles. The van der Waals surface area contributed by atoms with E-state index in [0.29, 0.717) is 15.8 Å². The van der Waals surface area contributed by atoms with Gasteiger partial charge >= 0.3 is 0 Å². The molecule has 0 spiro atoms. The number of hydrogen-bond donors (Lipinski definition) is 0. The van der Waals surface area contributed by atoms with Gasteiger partial charge in [-0.15, -0.1) is 0 Å². The number of para-hydroxylation sites is 1. The highest BCUT2D eigenvalue weighted by Crippen LogP contribution is 2.37. The molecule has 0 bridgehead atoms. The van der Waals surface area contributed by atoms with Crippen LogP contribution in [0, 0.1) is 5.82 Å². The topological polar surface area (TPSA) is 49.7 Å². The summed E-state index contributed by atoms with van der Waals surface area (Å²) in [5.41, 5.74) is 1.26. The van der Waals surface area contributed by atoms with Crippen LogP contribution >= 0.6 is 23.4 Å². The summed E-state index contributed by atoms with van der Waals surface area (Å²) in [6, 6.07) is 13.9. The third kappa shape index (κ3) is 3.48. The van der Waals surface area contributed by atoms with E-state index in [2.05, 4.69) is 4.99 Å². The van der Waals surface area contributed by atoms with Gasteiger partial charge in [0.2, 0.25) is 0 Å². The zero-order chi connectivity index (χ0) is 18.3.